The van der Waals surface area contributed by atoms with Gasteiger partial charge in [-0.1, -0.05) is 11.6 Å². The van der Waals surface area contributed by atoms with Gasteiger partial charge in [-0.15, -0.1) is 0 Å². The Morgan fingerprint density at radius 1 is 1.24 bits per heavy atom. The van der Waals surface area contributed by atoms with Crippen LogP contribution in [0.3, 0.4) is 0 Å². The molecule has 0 fully saturated rings. The summed E-state index contributed by atoms with van der Waals surface area (Å²) >= 11 is 7.63. The lowest BCUT2D eigenvalue weighted by Crippen LogP contribution is -2.00. The van der Waals surface area contributed by atoms with Crippen LogP contribution in [0.4, 0.5) is 5.69 Å². The van der Waals surface area contributed by atoms with Crippen LogP contribution in [0.1, 0.15) is 10.4 Å². The summed E-state index contributed by atoms with van der Waals surface area (Å²) in [6.07, 6.45) is 0. The van der Waals surface area contributed by atoms with Gasteiger partial charge >= 0.3 is 5.97 Å². The summed E-state index contributed by atoms with van der Waals surface area (Å²) in [4.78, 5) is 21.3. The van der Waals surface area contributed by atoms with E-state index in [9.17, 15) is 14.9 Å². The fraction of sp³-hybridized carbons (Fsp3) is 0. The number of benzene rings is 2. The molecule has 21 heavy (non-hydrogen) atoms. The lowest BCUT2D eigenvalue weighted by molar-refractivity contribution is -0.385. The Hall–Kier alpha value is -1.87. The van der Waals surface area contributed by atoms with Gasteiger partial charge in [0.05, 0.1) is 8.49 Å². The van der Waals surface area contributed by atoms with Gasteiger partial charge in [0.15, 0.2) is 0 Å². The van der Waals surface area contributed by atoms with Gasteiger partial charge in [-0.05, 0) is 46.9 Å². The van der Waals surface area contributed by atoms with Crippen LogP contribution in [0.25, 0.3) is 0 Å². The summed E-state index contributed by atoms with van der Waals surface area (Å²) in [5.74, 6) is -0.742. The predicted octanol–water partition coefficient (Wildman–Crippen LogP) is 4.34. The molecule has 0 heterocycles. The first kappa shape index (κ1) is 15.5. The number of nitrogens with zero attached hydrogens (tertiary/aromatic N) is 1. The van der Waals surface area contributed by atoms with Gasteiger partial charge in [0.1, 0.15) is 17.1 Å². The second kappa shape index (κ2) is 6.27. The van der Waals surface area contributed by atoms with Crippen LogP contribution in [0.5, 0.6) is 11.5 Å². The van der Waals surface area contributed by atoms with Gasteiger partial charge in [-0.2, -0.15) is 0 Å². The quantitative estimate of drug-likeness (QED) is 0.452. The number of carbonyl (C=O) groups is 1. The van der Waals surface area contributed by atoms with Crippen molar-refractivity contribution in [1.82, 2.24) is 0 Å². The number of rotatable bonds is 4. The van der Waals surface area contributed by atoms with Crippen LogP contribution < -0.4 is 4.74 Å². The first-order valence-corrected chi connectivity index (χ1v) is 6.99. The van der Waals surface area contributed by atoms with Crippen molar-refractivity contribution in [3.63, 3.8) is 0 Å². The first-order chi connectivity index (χ1) is 9.88. The number of hydrogen-bond donors (Lipinski definition) is 1. The Labute approximate surface area is 137 Å². The SMILES string of the molecule is O=C(O)c1cc(Cl)ccc1Oc1ccc([N+](=O)[O-])cc1I. The summed E-state index contributed by atoms with van der Waals surface area (Å²) in [5, 5.41) is 20.1. The fourth-order valence-electron chi connectivity index (χ4n) is 1.56. The smallest absolute Gasteiger partial charge is 0.339 e. The van der Waals surface area contributed by atoms with Crippen molar-refractivity contribution in [1.29, 1.82) is 0 Å². The molecule has 0 spiro atoms. The largest absolute Gasteiger partial charge is 0.478 e. The third-order valence-electron chi connectivity index (χ3n) is 2.52. The lowest BCUT2D eigenvalue weighted by Gasteiger charge is -2.10. The van der Waals surface area contributed by atoms with Gasteiger partial charge in [0.2, 0.25) is 0 Å². The van der Waals surface area contributed by atoms with E-state index in [0.29, 0.717) is 9.32 Å². The summed E-state index contributed by atoms with van der Waals surface area (Å²) in [6, 6.07) is 8.25. The highest BCUT2D eigenvalue weighted by Crippen LogP contribution is 2.32. The number of halogens is 2. The van der Waals surface area contributed by atoms with E-state index in [1.165, 1.54) is 36.4 Å². The molecule has 108 valence electrons. The Morgan fingerprint density at radius 3 is 2.48 bits per heavy atom. The van der Waals surface area contributed by atoms with Crippen molar-refractivity contribution in [2.45, 2.75) is 0 Å². The zero-order valence-corrected chi connectivity index (χ0v) is 13.2. The average Bonchev–Trinajstić information content (AvgIpc) is 2.42. The number of aromatic carboxylic acids is 1. The Balaban J connectivity index is 2.39. The maximum Gasteiger partial charge on any atom is 0.339 e. The van der Waals surface area contributed by atoms with E-state index in [-0.39, 0.29) is 22.0 Å². The maximum atomic E-state index is 11.2. The third-order valence-corrected chi connectivity index (χ3v) is 3.60. The molecule has 0 radical (unpaired) electrons. The van der Waals surface area contributed by atoms with E-state index in [0.717, 1.165) is 0 Å². The van der Waals surface area contributed by atoms with Crippen molar-refractivity contribution in [3.05, 3.63) is 60.7 Å². The van der Waals surface area contributed by atoms with Crippen LogP contribution >= 0.6 is 34.2 Å². The van der Waals surface area contributed by atoms with E-state index >= 15 is 0 Å². The van der Waals surface area contributed by atoms with Gasteiger partial charge in [-0.3, -0.25) is 10.1 Å². The van der Waals surface area contributed by atoms with Crippen molar-refractivity contribution in [2.24, 2.45) is 0 Å². The Kier molecular flexibility index (Phi) is 4.63. The lowest BCUT2D eigenvalue weighted by atomic mass is 10.2. The molecule has 2 aromatic rings. The molecule has 0 aliphatic rings. The van der Waals surface area contributed by atoms with Crippen molar-refractivity contribution >= 4 is 45.8 Å². The molecule has 0 aliphatic carbocycles. The maximum absolute atomic E-state index is 11.2. The minimum absolute atomic E-state index is 0.0682. The van der Waals surface area contributed by atoms with Crippen molar-refractivity contribution in [3.8, 4) is 11.5 Å². The third kappa shape index (κ3) is 3.61. The van der Waals surface area contributed by atoms with Crippen LogP contribution in [-0.4, -0.2) is 16.0 Å². The average molecular weight is 420 g/mol. The molecule has 0 saturated carbocycles. The monoisotopic (exact) mass is 419 g/mol. The molecule has 0 atom stereocenters. The van der Waals surface area contributed by atoms with Gasteiger partial charge in [0.25, 0.3) is 5.69 Å². The highest BCUT2D eigenvalue weighted by atomic mass is 127. The minimum Gasteiger partial charge on any atom is -0.478 e. The minimum atomic E-state index is -1.18. The Bertz CT molecular complexity index is 734. The van der Waals surface area contributed by atoms with Gasteiger partial charge < -0.3 is 9.84 Å². The molecule has 0 amide bonds. The molecular weight excluding hydrogens is 413 g/mol. The summed E-state index contributed by atoms with van der Waals surface area (Å²) in [6.45, 7) is 0. The van der Waals surface area contributed by atoms with E-state index in [1.807, 2.05) is 22.6 Å². The molecule has 0 unspecified atom stereocenters. The molecule has 6 nitrogen and oxygen atoms in total. The van der Waals surface area contributed by atoms with Crippen molar-refractivity contribution < 1.29 is 19.6 Å². The molecule has 1 N–H and O–H groups in total. The van der Waals surface area contributed by atoms with Crippen LogP contribution in [0.15, 0.2) is 36.4 Å². The van der Waals surface area contributed by atoms with Crippen LogP contribution in [0.2, 0.25) is 5.02 Å². The number of hydrogen-bond acceptors (Lipinski definition) is 4. The molecule has 2 rings (SSSR count). The second-order valence-electron chi connectivity index (χ2n) is 3.92. The summed E-state index contributed by atoms with van der Waals surface area (Å²) in [7, 11) is 0. The van der Waals surface area contributed by atoms with E-state index < -0.39 is 10.9 Å². The number of carboxylic acids is 1. The van der Waals surface area contributed by atoms with Gasteiger partial charge in [0, 0.05) is 17.2 Å². The van der Waals surface area contributed by atoms with E-state index in [4.69, 9.17) is 21.4 Å². The van der Waals surface area contributed by atoms with E-state index in [1.54, 1.807) is 0 Å². The summed E-state index contributed by atoms with van der Waals surface area (Å²) < 4.78 is 6.02. The molecule has 8 heteroatoms. The second-order valence-corrected chi connectivity index (χ2v) is 5.52. The Morgan fingerprint density at radius 2 is 1.90 bits per heavy atom. The number of non-ortho nitro benzene ring substituents is 1. The number of carboxylic acid groups (broad SMARTS) is 1. The predicted molar refractivity (Wildman–Crippen MR) is 84.3 cm³/mol. The van der Waals surface area contributed by atoms with Crippen molar-refractivity contribution in [2.75, 3.05) is 0 Å². The zero-order chi connectivity index (χ0) is 15.6. The fourth-order valence-corrected chi connectivity index (χ4v) is 2.34. The molecule has 0 saturated heterocycles. The van der Waals surface area contributed by atoms with E-state index in [2.05, 4.69) is 0 Å². The highest BCUT2D eigenvalue weighted by molar-refractivity contribution is 14.1. The molecular formula is C13H7ClINO5. The number of ether oxygens (including phenoxy) is 1. The van der Waals surface area contributed by atoms with Gasteiger partial charge in [-0.25, -0.2) is 4.79 Å². The molecule has 0 bridgehead atoms. The molecule has 2 aromatic carbocycles. The highest BCUT2D eigenvalue weighted by Gasteiger charge is 2.15. The standard InChI is InChI=1S/C13H7ClINO5/c14-7-1-3-11(9(5-7)13(17)18)21-12-4-2-8(16(19)20)6-10(12)15/h1-6H,(H,17,18). The normalized spacial score (nSPS) is 10.2. The van der Waals surface area contributed by atoms with Crippen LogP contribution in [0, 0.1) is 13.7 Å². The molecule has 0 aromatic heterocycles. The number of nitro groups is 1. The molecule has 0 aliphatic heterocycles. The number of nitro benzene ring substituents is 1. The zero-order valence-electron chi connectivity index (χ0n) is 10.2. The summed E-state index contributed by atoms with van der Waals surface area (Å²) in [5.41, 5.74) is -0.155. The topological polar surface area (TPSA) is 89.7 Å². The first-order valence-electron chi connectivity index (χ1n) is 5.53. The van der Waals surface area contributed by atoms with Crippen LogP contribution in [-0.2, 0) is 0 Å².